The molecule has 0 aliphatic rings. The Morgan fingerprint density at radius 1 is 1.14 bits per heavy atom. The summed E-state index contributed by atoms with van der Waals surface area (Å²) in [5.74, 6) is -0.409. The molecule has 3 aromatic rings. The Hall–Kier alpha value is -2.88. The van der Waals surface area contributed by atoms with Gasteiger partial charge in [-0.15, -0.1) is 0 Å². The second kappa shape index (κ2) is 5.85. The fraction of sp³-hybridized carbons (Fsp3) is 0.111. The number of carbonyl (C=O) groups excluding carboxylic acids is 1. The van der Waals surface area contributed by atoms with Crippen LogP contribution in [0.2, 0.25) is 0 Å². The minimum Gasteiger partial charge on any atom is -0.463 e. The van der Waals surface area contributed by atoms with Gasteiger partial charge in [0, 0.05) is 6.08 Å². The molecule has 4 heteroatoms. The number of ether oxygens (including phenoxy) is 1. The predicted molar refractivity (Wildman–Crippen MR) is 85.7 cm³/mol. The Labute approximate surface area is 126 Å². The van der Waals surface area contributed by atoms with Crippen LogP contribution in [0.3, 0.4) is 0 Å². The predicted octanol–water partition coefficient (Wildman–Crippen LogP) is 3.52. The number of esters is 1. The minimum absolute atomic E-state index is 0.0803. The first-order valence-electron chi connectivity index (χ1n) is 6.99. The number of rotatable bonds is 3. The van der Waals surface area contributed by atoms with Crippen molar-refractivity contribution in [3.8, 4) is 0 Å². The van der Waals surface area contributed by atoms with Gasteiger partial charge in [-0.2, -0.15) is 0 Å². The zero-order valence-electron chi connectivity index (χ0n) is 12.0. The Bertz CT molecular complexity index is 935. The second-order valence-electron chi connectivity index (χ2n) is 4.77. The topological polar surface area (TPSA) is 56.5 Å². The molecule has 0 saturated carbocycles. The summed E-state index contributed by atoms with van der Waals surface area (Å²) in [6, 6.07) is 12.4. The van der Waals surface area contributed by atoms with Gasteiger partial charge < -0.3 is 9.15 Å². The van der Waals surface area contributed by atoms with Gasteiger partial charge in [0.15, 0.2) is 0 Å². The van der Waals surface area contributed by atoms with Crippen LogP contribution in [0.15, 0.2) is 57.8 Å². The molecule has 0 amide bonds. The second-order valence-corrected chi connectivity index (χ2v) is 4.77. The largest absolute Gasteiger partial charge is 0.463 e. The molecule has 0 N–H and O–H groups in total. The van der Waals surface area contributed by atoms with Crippen LogP contribution in [0.1, 0.15) is 12.5 Å². The van der Waals surface area contributed by atoms with E-state index < -0.39 is 5.97 Å². The molecule has 2 aromatic carbocycles. The maximum absolute atomic E-state index is 12.5. The molecule has 1 aromatic heterocycles. The Morgan fingerprint density at radius 3 is 2.73 bits per heavy atom. The summed E-state index contributed by atoms with van der Waals surface area (Å²) in [6.07, 6.45) is 2.96. The fourth-order valence-electron chi connectivity index (χ4n) is 2.28. The van der Waals surface area contributed by atoms with Gasteiger partial charge >= 0.3 is 5.97 Å². The molecule has 0 aliphatic carbocycles. The normalized spacial score (nSPS) is 11.3. The molecule has 4 nitrogen and oxygen atoms in total. The van der Waals surface area contributed by atoms with Gasteiger partial charge in [0.05, 0.1) is 17.4 Å². The molecule has 0 fully saturated rings. The average molecular weight is 294 g/mol. The molecule has 0 unspecified atom stereocenters. The quantitative estimate of drug-likeness (QED) is 0.421. The van der Waals surface area contributed by atoms with E-state index in [1.54, 1.807) is 49.4 Å². The summed E-state index contributed by atoms with van der Waals surface area (Å²) in [4.78, 5) is 23.8. The van der Waals surface area contributed by atoms with Crippen molar-refractivity contribution in [3.05, 3.63) is 64.3 Å². The standard InChI is InChI=1S/C18H14O4/c1-2-21-17(19)10-8-12-7-9-16-14(11-12)18(20)13-5-3-4-6-15(13)22-16/h3-11H,2H2,1H3/b10-8+. The lowest BCUT2D eigenvalue weighted by Crippen LogP contribution is -2.02. The maximum Gasteiger partial charge on any atom is 0.330 e. The summed E-state index contributed by atoms with van der Waals surface area (Å²) in [7, 11) is 0. The average Bonchev–Trinajstić information content (AvgIpc) is 2.54. The van der Waals surface area contributed by atoms with Gasteiger partial charge in [-0.05, 0) is 42.8 Å². The molecule has 3 rings (SSSR count). The molecule has 0 aliphatic heterocycles. The van der Waals surface area contributed by atoms with E-state index in [1.807, 2.05) is 6.07 Å². The first kappa shape index (κ1) is 14.1. The first-order chi connectivity index (χ1) is 10.7. The number of benzene rings is 2. The van der Waals surface area contributed by atoms with Crippen LogP contribution in [0.5, 0.6) is 0 Å². The fourth-order valence-corrected chi connectivity index (χ4v) is 2.28. The number of hydrogen-bond donors (Lipinski definition) is 0. The van der Waals surface area contributed by atoms with E-state index in [0.717, 1.165) is 5.56 Å². The van der Waals surface area contributed by atoms with Crippen LogP contribution in [0.4, 0.5) is 0 Å². The summed E-state index contributed by atoms with van der Waals surface area (Å²) < 4.78 is 10.6. The summed E-state index contributed by atoms with van der Waals surface area (Å²) >= 11 is 0. The van der Waals surface area contributed by atoms with E-state index in [2.05, 4.69) is 0 Å². The third-order valence-corrected chi connectivity index (χ3v) is 3.30. The lowest BCUT2D eigenvalue weighted by Gasteiger charge is -2.02. The van der Waals surface area contributed by atoms with E-state index in [9.17, 15) is 9.59 Å². The van der Waals surface area contributed by atoms with Crippen molar-refractivity contribution in [2.75, 3.05) is 6.61 Å². The zero-order chi connectivity index (χ0) is 15.5. The molecule has 0 bridgehead atoms. The highest BCUT2D eigenvalue weighted by Crippen LogP contribution is 2.19. The van der Waals surface area contributed by atoms with E-state index in [4.69, 9.17) is 9.15 Å². The third-order valence-electron chi connectivity index (χ3n) is 3.30. The maximum atomic E-state index is 12.5. The van der Waals surface area contributed by atoms with E-state index >= 15 is 0 Å². The molecule has 110 valence electrons. The molecular formula is C18H14O4. The third kappa shape index (κ3) is 2.63. The summed E-state index contributed by atoms with van der Waals surface area (Å²) in [6.45, 7) is 2.08. The van der Waals surface area contributed by atoms with E-state index in [-0.39, 0.29) is 5.43 Å². The van der Waals surface area contributed by atoms with E-state index in [0.29, 0.717) is 28.5 Å². The summed E-state index contributed by atoms with van der Waals surface area (Å²) in [5, 5.41) is 1.03. The lowest BCUT2D eigenvalue weighted by atomic mass is 10.1. The highest BCUT2D eigenvalue weighted by atomic mass is 16.5. The highest BCUT2D eigenvalue weighted by Gasteiger charge is 2.07. The zero-order valence-corrected chi connectivity index (χ0v) is 12.0. The van der Waals surface area contributed by atoms with Crippen molar-refractivity contribution >= 4 is 34.0 Å². The van der Waals surface area contributed by atoms with Gasteiger partial charge in [0.25, 0.3) is 0 Å². The van der Waals surface area contributed by atoms with Crippen LogP contribution < -0.4 is 5.43 Å². The van der Waals surface area contributed by atoms with Crippen molar-refractivity contribution in [1.82, 2.24) is 0 Å². The van der Waals surface area contributed by atoms with Crippen LogP contribution in [-0.2, 0) is 9.53 Å². The van der Waals surface area contributed by atoms with Crippen LogP contribution in [0, 0.1) is 0 Å². The van der Waals surface area contributed by atoms with Gasteiger partial charge in [-0.3, -0.25) is 4.79 Å². The summed E-state index contributed by atoms with van der Waals surface area (Å²) in [5.41, 5.74) is 1.75. The smallest absolute Gasteiger partial charge is 0.330 e. The number of para-hydroxylation sites is 1. The molecule has 0 atom stereocenters. The van der Waals surface area contributed by atoms with Crippen molar-refractivity contribution in [2.45, 2.75) is 6.92 Å². The molecule has 0 radical (unpaired) electrons. The first-order valence-corrected chi connectivity index (χ1v) is 6.99. The number of fused-ring (bicyclic) bond motifs is 2. The highest BCUT2D eigenvalue weighted by molar-refractivity contribution is 5.92. The van der Waals surface area contributed by atoms with Crippen LogP contribution in [-0.4, -0.2) is 12.6 Å². The van der Waals surface area contributed by atoms with Gasteiger partial charge in [-0.1, -0.05) is 18.2 Å². The molecule has 0 spiro atoms. The Kier molecular flexibility index (Phi) is 3.74. The van der Waals surface area contributed by atoms with Gasteiger partial charge in [0.2, 0.25) is 5.43 Å². The lowest BCUT2D eigenvalue weighted by molar-refractivity contribution is -0.137. The van der Waals surface area contributed by atoms with Crippen LogP contribution >= 0.6 is 0 Å². The number of carbonyl (C=O) groups is 1. The van der Waals surface area contributed by atoms with Crippen molar-refractivity contribution in [2.24, 2.45) is 0 Å². The molecular weight excluding hydrogens is 280 g/mol. The van der Waals surface area contributed by atoms with Crippen molar-refractivity contribution in [1.29, 1.82) is 0 Å². The van der Waals surface area contributed by atoms with Crippen molar-refractivity contribution < 1.29 is 13.9 Å². The van der Waals surface area contributed by atoms with Crippen LogP contribution in [0.25, 0.3) is 28.0 Å². The van der Waals surface area contributed by atoms with Crippen molar-refractivity contribution in [3.63, 3.8) is 0 Å². The monoisotopic (exact) mass is 294 g/mol. The van der Waals surface area contributed by atoms with Gasteiger partial charge in [-0.25, -0.2) is 4.79 Å². The Morgan fingerprint density at radius 2 is 1.91 bits per heavy atom. The van der Waals surface area contributed by atoms with Gasteiger partial charge in [0.1, 0.15) is 11.2 Å². The SMILES string of the molecule is CCOC(=O)/C=C/c1ccc2oc3ccccc3c(=O)c2c1. The molecule has 0 saturated heterocycles. The Balaban J connectivity index is 2.10. The van der Waals surface area contributed by atoms with E-state index in [1.165, 1.54) is 6.08 Å². The molecule has 22 heavy (non-hydrogen) atoms. The number of hydrogen-bond acceptors (Lipinski definition) is 4. The molecule has 1 heterocycles. The minimum atomic E-state index is -0.409.